The highest BCUT2D eigenvalue weighted by molar-refractivity contribution is 5.86. The van der Waals surface area contributed by atoms with Gasteiger partial charge in [0.2, 0.25) is 0 Å². The zero-order valence-electron chi connectivity index (χ0n) is 23.7. The summed E-state index contributed by atoms with van der Waals surface area (Å²) in [7, 11) is 0. The van der Waals surface area contributed by atoms with Crippen molar-refractivity contribution in [2.45, 2.75) is 62.6 Å². The normalized spacial score (nSPS) is 27.3. The molecular formula is C35H32F2N6. The van der Waals surface area contributed by atoms with E-state index in [1.165, 1.54) is 32.1 Å². The van der Waals surface area contributed by atoms with E-state index in [0.29, 0.717) is 28.5 Å². The van der Waals surface area contributed by atoms with Crippen LogP contribution in [0.5, 0.6) is 0 Å². The van der Waals surface area contributed by atoms with Gasteiger partial charge in [-0.2, -0.15) is 8.78 Å². The second kappa shape index (κ2) is 8.39. The number of nitrogens with one attached hydrogen (secondary N) is 4. The molecule has 1 spiro atoms. The van der Waals surface area contributed by atoms with Crippen LogP contribution in [0.3, 0.4) is 0 Å². The van der Waals surface area contributed by atoms with Crippen LogP contribution in [0, 0.1) is 11.3 Å². The second-order valence-corrected chi connectivity index (χ2v) is 13.7. The molecule has 216 valence electrons. The Balaban J connectivity index is 0.956. The summed E-state index contributed by atoms with van der Waals surface area (Å²) in [5, 5.41) is 7.29. The van der Waals surface area contributed by atoms with Gasteiger partial charge in [-0.25, -0.2) is 9.97 Å². The fourth-order valence-electron chi connectivity index (χ4n) is 8.42. The van der Waals surface area contributed by atoms with Crippen LogP contribution in [-0.2, 0) is 5.92 Å². The molecule has 4 atom stereocenters. The third kappa shape index (κ3) is 3.63. The lowest BCUT2D eigenvalue weighted by molar-refractivity contribution is 0.0481. The number of nitrogens with zero attached hydrogens (tertiary/aromatic N) is 2. The molecule has 2 bridgehead atoms. The summed E-state index contributed by atoms with van der Waals surface area (Å²) < 4.78 is 32.2. The van der Waals surface area contributed by atoms with E-state index in [-0.39, 0.29) is 23.2 Å². The lowest BCUT2D eigenvalue weighted by atomic mass is 9.98. The number of imidazole rings is 2. The van der Waals surface area contributed by atoms with Crippen LogP contribution >= 0.6 is 0 Å². The molecule has 10 rings (SSSR count). The Morgan fingerprint density at radius 2 is 1.58 bits per heavy atom. The van der Waals surface area contributed by atoms with E-state index in [4.69, 9.17) is 4.98 Å². The number of hydrogen-bond donors (Lipinski definition) is 4. The van der Waals surface area contributed by atoms with E-state index >= 15 is 8.78 Å². The Bertz CT molecular complexity index is 1950. The number of piperidine rings is 1. The summed E-state index contributed by atoms with van der Waals surface area (Å²) in [4.78, 5) is 16.4. The van der Waals surface area contributed by atoms with E-state index in [9.17, 15) is 0 Å². The van der Waals surface area contributed by atoms with Crippen molar-refractivity contribution >= 4 is 11.0 Å². The summed E-state index contributed by atoms with van der Waals surface area (Å²) >= 11 is 0. The SMILES string of the molecule is FC1(F)c2cc(-c3ccc4nc(C5NC6CC[C@H]5C6)[nH]c4c3)ccc2-c2ccc(-c3cnc([C@@H]4CC5(CC5)CN4)[nH]3)cc21. The van der Waals surface area contributed by atoms with Crippen molar-refractivity contribution in [2.24, 2.45) is 11.3 Å². The number of aromatic amines is 2. The molecule has 2 saturated carbocycles. The van der Waals surface area contributed by atoms with Crippen LogP contribution in [-0.4, -0.2) is 32.5 Å². The highest BCUT2D eigenvalue weighted by atomic mass is 19.3. The molecule has 3 aromatic carbocycles. The molecular weight excluding hydrogens is 542 g/mol. The van der Waals surface area contributed by atoms with Gasteiger partial charge in [-0.1, -0.05) is 30.3 Å². The maximum atomic E-state index is 16.1. The van der Waals surface area contributed by atoms with E-state index in [0.717, 1.165) is 58.0 Å². The van der Waals surface area contributed by atoms with Crippen molar-refractivity contribution in [1.29, 1.82) is 0 Å². The van der Waals surface area contributed by atoms with Crippen LogP contribution in [0.1, 0.15) is 73.4 Å². The number of H-pyrrole nitrogens is 2. The van der Waals surface area contributed by atoms with Gasteiger partial charge in [-0.15, -0.1) is 0 Å². The monoisotopic (exact) mass is 574 g/mol. The Labute approximate surface area is 247 Å². The van der Waals surface area contributed by atoms with Crippen LogP contribution < -0.4 is 10.6 Å². The molecule has 43 heavy (non-hydrogen) atoms. The van der Waals surface area contributed by atoms with Gasteiger partial charge in [0.05, 0.1) is 35.0 Å². The molecule has 0 radical (unpaired) electrons. The molecule has 4 heterocycles. The van der Waals surface area contributed by atoms with Crippen molar-refractivity contribution in [3.63, 3.8) is 0 Å². The Hall–Kier alpha value is -3.88. The Morgan fingerprint density at radius 3 is 2.33 bits per heavy atom. The minimum absolute atomic E-state index is 0.0521. The molecule has 2 unspecified atom stereocenters. The van der Waals surface area contributed by atoms with Gasteiger partial charge in [0, 0.05) is 29.3 Å². The third-order valence-corrected chi connectivity index (χ3v) is 11.0. The fourth-order valence-corrected chi connectivity index (χ4v) is 8.42. The van der Waals surface area contributed by atoms with Crippen molar-refractivity contribution in [2.75, 3.05) is 6.54 Å². The van der Waals surface area contributed by atoms with Crippen LogP contribution in [0.4, 0.5) is 8.78 Å². The van der Waals surface area contributed by atoms with Crippen LogP contribution in [0.15, 0.2) is 60.8 Å². The first kappa shape index (κ1) is 24.6. The summed E-state index contributed by atoms with van der Waals surface area (Å²) in [6, 6.07) is 18.0. The molecule has 4 N–H and O–H groups in total. The third-order valence-electron chi connectivity index (χ3n) is 11.0. The van der Waals surface area contributed by atoms with E-state index in [1.54, 1.807) is 18.3 Å². The molecule has 0 amide bonds. The first-order chi connectivity index (χ1) is 20.9. The lowest BCUT2D eigenvalue weighted by Gasteiger charge is -2.20. The van der Waals surface area contributed by atoms with Crippen LogP contribution in [0.2, 0.25) is 0 Å². The second-order valence-electron chi connectivity index (χ2n) is 13.7. The predicted octanol–water partition coefficient (Wildman–Crippen LogP) is 7.37. The molecule has 4 fully saturated rings. The quantitative estimate of drug-likeness (QED) is 0.181. The number of alkyl halides is 2. The summed E-state index contributed by atoms with van der Waals surface area (Å²) in [5.41, 5.74) is 6.79. The Kier molecular flexibility index (Phi) is 4.79. The maximum Gasteiger partial charge on any atom is 0.299 e. The summed E-state index contributed by atoms with van der Waals surface area (Å²) in [5.74, 6) is -0.571. The number of hydrogen-bond acceptors (Lipinski definition) is 4. The molecule has 3 aliphatic carbocycles. The Morgan fingerprint density at radius 1 is 0.814 bits per heavy atom. The molecule has 8 heteroatoms. The molecule has 2 aromatic heterocycles. The van der Waals surface area contributed by atoms with Gasteiger partial charge < -0.3 is 20.6 Å². The summed E-state index contributed by atoms with van der Waals surface area (Å²) in [6.07, 6.45) is 9.16. The van der Waals surface area contributed by atoms with Crippen molar-refractivity contribution < 1.29 is 8.78 Å². The van der Waals surface area contributed by atoms with Gasteiger partial charge >= 0.3 is 0 Å². The number of rotatable bonds is 4. The van der Waals surface area contributed by atoms with E-state index in [2.05, 4.69) is 25.6 Å². The first-order valence-electron chi connectivity index (χ1n) is 15.6. The lowest BCUT2D eigenvalue weighted by Crippen LogP contribution is -2.29. The highest BCUT2D eigenvalue weighted by Crippen LogP contribution is 2.55. The first-order valence-corrected chi connectivity index (χ1v) is 15.6. The maximum absolute atomic E-state index is 16.1. The highest BCUT2D eigenvalue weighted by Gasteiger charge is 2.49. The standard InChI is InChI=1S/C35H32F2N6/c36-35(37)25-12-18(19-4-8-27-28(14-19)42-33(41-27)31-21-1-5-22(11-21)40-31)2-6-23(25)24-7-3-20(13-26(24)35)30-16-38-32(43-30)29-15-34(9-10-34)17-39-29/h2-4,6-8,12-14,16,21-22,29,31,39-40H,1,5,9-11,15,17H2,(H,38,43)(H,41,42)/t21-,22?,29-,31?/m0/s1. The summed E-state index contributed by atoms with van der Waals surface area (Å²) in [6.45, 7) is 1.04. The minimum atomic E-state index is -3.09. The number of aromatic nitrogens is 4. The molecule has 2 aliphatic heterocycles. The minimum Gasteiger partial charge on any atom is -0.341 e. The van der Waals surface area contributed by atoms with Crippen molar-refractivity contribution in [1.82, 2.24) is 30.6 Å². The van der Waals surface area contributed by atoms with E-state index < -0.39 is 5.92 Å². The molecule has 5 aliphatic rings. The van der Waals surface area contributed by atoms with Crippen molar-refractivity contribution in [3.8, 4) is 33.5 Å². The zero-order valence-corrected chi connectivity index (χ0v) is 23.7. The average molecular weight is 575 g/mol. The zero-order chi connectivity index (χ0) is 28.5. The van der Waals surface area contributed by atoms with Gasteiger partial charge in [-0.3, -0.25) is 0 Å². The van der Waals surface area contributed by atoms with Gasteiger partial charge in [0.15, 0.2) is 0 Å². The van der Waals surface area contributed by atoms with Gasteiger partial charge in [0.25, 0.3) is 5.92 Å². The van der Waals surface area contributed by atoms with E-state index in [1.807, 2.05) is 42.5 Å². The smallest absolute Gasteiger partial charge is 0.299 e. The number of fused-ring (bicyclic) bond motifs is 6. The average Bonchev–Trinajstić information content (AvgIpc) is 3.68. The van der Waals surface area contributed by atoms with Gasteiger partial charge in [0.1, 0.15) is 11.6 Å². The van der Waals surface area contributed by atoms with Crippen LogP contribution in [0.25, 0.3) is 44.5 Å². The molecule has 2 saturated heterocycles. The molecule has 6 nitrogen and oxygen atoms in total. The van der Waals surface area contributed by atoms with Gasteiger partial charge in [-0.05, 0) is 96.4 Å². The molecule has 5 aromatic rings. The largest absolute Gasteiger partial charge is 0.341 e. The predicted molar refractivity (Wildman–Crippen MR) is 162 cm³/mol. The van der Waals surface area contributed by atoms with Crippen molar-refractivity contribution in [3.05, 3.63) is 83.6 Å². The fraction of sp³-hybridized carbons (Fsp3) is 0.371. The topological polar surface area (TPSA) is 81.4 Å². The number of benzene rings is 3. The number of halogens is 2.